The van der Waals surface area contributed by atoms with Gasteiger partial charge in [-0.3, -0.25) is 10.1 Å². The van der Waals surface area contributed by atoms with Crippen LogP contribution in [-0.4, -0.2) is 9.13 Å². The number of halogens is 1. The van der Waals surface area contributed by atoms with Crippen LogP contribution in [0.1, 0.15) is 0 Å². The van der Waals surface area contributed by atoms with Crippen molar-refractivity contribution < 1.29 is 13.0 Å². The van der Waals surface area contributed by atoms with Gasteiger partial charge in [0, 0.05) is 12.1 Å². The number of rotatable bonds is 2. The zero-order valence-electron chi connectivity index (χ0n) is 5.77. The van der Waals surface area contributed by atoms with Crippen molar-refractivity contribution >= 4 is 16.9 Å². The minimum atomic E-state index is -2.57. The molecular formula is C6H4FNO3S. The number of non-ortho nitro benzene ring substituents is 1. The second-order valence-corrected chi connectivity index (χ2v) is 2.89. The summed E-state index contributed by atoms with van der Waals surface area (Å²) in [6.07, 6.45) is 0. The average molecular weight is 189 g/mol. The van der Waals surface area contributed by atoms with Crippen LogP contribution in [0.2, 0.25) is 0 Å². The van der Waals surface area contributed by atoms with E-state index in [1.54, 1.807) is 0 Å². The van der Waals surface area contributed by atoms with Gasteiger partial charge in [0.15, 0.2) is 0 Å². The van der Waals surface area contributed by atoms with Crippen molar-refractivity contribution in [3.05, 3.63) is 34.4 Å². The maximum absolute atomic E-state index is 12.1. The fourth-order valence-corrected chi connectivity index (χ4v) is 1.02. The van der Waals surface area contributed by atoms with Gasteiger partial charge in [-0.25, -0.2) is 4.21 Å². The summed E-state index contributed by atoms with van der Waals surface area (Å²) in [5.74, 6) is 0. The Balaban J connectivity index is 3.01. The Morgan fingerprint density at radius 2 is 1.83 bits per heavy atom. The first-order chi connectivity index (χ1) is 5.61. The van der Waals surface area contributed by atoms with Crippen molar-refractivity contribution in [2.45, 2.75) is 4.90 Å². The molecule has 0 saturated heterocycles. The highest BCUT2D eigenvalue weighted by Crippen LogP contribution is 2.14. The second kappa shape index (κ2) is 3.40. The van der Waals surface area contributed by atoms with Gasteiger partial charge in [-0.05, 0) is 12.1 Å². The molecule has 1 aromatic rings. The summed E-state index contributed by atoms with van der Waals surface area (Å²) in [5.41, 5.74) is -0.149. The van der Waals surface area contributed by atoms with Gasteiger partial charge in [0.2, 0.25) is 11.2 Å². The van der Waals surface area contributed by atoms with Gasteiger partial charge >= 0.3 is 0 Å². The summed E-state index contributed by atoms with van der Waals surface area (Å²) >= 11 is -2.57. The third kappa shape index (κ3) is 1.85. The lowest BCUT2D eigenvalue weighted by Crippen LogP contribution is -1.88. The average Bonchev–Trinajstić information content (AvgIpc) is 2.04. The molecule has 0 saturated carbocycles. The molecule has 4 nitrogen and oxygen atoms in total. The van der Waals surface area contributed by atoms with Gasteiger partial charge in [0.1, 0.15) is 0 Å². The van der Waals surface area contributed by atoms with Crippen LogP contribution >= 0.6 is 0 Å². The fourth-order valence-electron chi connectivity index (χ4n) is 0.675. The first-order valence-electron chi connectivity index (χ1n) is 2.94. The van der Waals surface area contributed by atoms with Crippen LogP contribution in [0, 0.1) is 10.1 Å². The van der Waals surface area contributed by atoms with Crippen molar-refractivity contribution in [2.24, 2.45) is 0 Å². The molecule has 0 fully saturated rings. The van der Waals surface area contributed by atoms with Crippen molar-refractivity contribution in [2.75, 3.05) is 0 Å². The lowest BCUT2D eigenvalue weighted by molar-refractivity contribution is -0.384. The highest BCUT2D eigenvalue weighted by Gasteiger charge is 2.06. The number of nitro benzene ring substituents is 1. The topological polar surface area (TPSA) is 60.2 Å². The van der Waals surface area contributed by atoms with E-state index in [4.69, 9.17) is 0 Å². The Hall–Kier alpha value is -1.30. The normalized spacial score (nSPS) is 12.4. The number of nitro groups is 1. The van der Waals surface area contributed by atoms with Crippen LogP contribution < -0.4 is 0 Å². The molecule has 1 atom stereocenters. The highest BCUT2D eigenvalue weighted by atomic mass is 32.2. The van der Waals surface area contributed by atoms with E-state index in [0.717, 1.165) is 24.3 Å². The lowest BCUT2D eigenvalue weighted by atomic mass is 10.3. The largest absolute Gasteiger partial charge is 0.269 e. The van der Waals surface area contributed by atoms with E-state index in [2.05, 4.69) is 0 Å². The fraction of sp³-hybridized carbons (Fsp3) is 0. The predicted octanol–water partition coefficient (Wildman–Crippen LogP) is 1.59. The summed E-state index contributed by atoms with van der Waals surface area (Å²) < 4.78 is 22.3. The smallest absolute Gasteiger partial charge is 0.258 e. The molecule has 12 heavy (non-hydrogen) atoms. The second-order valence-electron chi connectivity index (χ2n) is 1.97. The van der Waals surface area contributed by atoms with Crippen LogP contribution in [0.4, 0.5) is 9.57 Å². The van der Waals surface area contributed by atoms with Gasteiger partial charge in [-0.15, -0.1) is 3.89 Å². The molecule has 1 rings (SSSR count). The van der Waals surface area contributed by atoms with Crippen LogP contribution in [0.25, 0.3) is 0 Å². The molecule has 0 amide bonds. The minimum absolute atomic E-state index is 0.0689. The third-order valence-electron chi connectivity index (χ3n) is 1.23. The standard InChI is InChI=1S/C6H4FNO3S/c7-12(11)6-3-1-5(2-4-6)8(9)10/h1-4H. The molecule has 0 aromatic heterocycles. The van der Waals surface area contributed by atoms with Gasteiger partial charge in [0.05, 0.1) is 9.82 Å². The van der Waals surface area contributed by atoms with Gasteiger partial charge in [0.25, 0.3) is 5.69 Å². The molecule has 1 unspecified atom stereocenters. The van der Waals surface area contributed by atoms with Crippen molar-refractivity contribution in [1.82, 2.24) is 0 Å². The van der Waals surface area contributed by atoms with Crippen LogP contribution in [0.3, 0.4) is 0 Å². The maximum atomic E-state index is 12.1. The molecule has 0 aliphatic rings. The van der Waals surface area contributed by atoms with Gasteiger partial charge in [-0.1, -0.05) is 0 Å². The van der Waals surface area contributed by atoms with Crippen molar-refractivity contribution in [1.29, 1.82) is 0 Å². The summed E-state index contributed by atoms with van der Waals surface area (Å²) in [5, 5.41) is 10.1. The zero-order chi connectivity index (χ0) is 9.14. The molecule has 0 aliphatic heterocycles. The number of nitrogens with zero attached hydrogens (tertiary/aromatic N) is 1. The number of benzene rings is 1. The van der Waals surface area contributed by atoms with Crippen LogP contribution in [0.15, 0.2) is 29.2 Å². The zero-order valence-corrected chi connectivity index (χ0v) is 6.58. The van der Waals surface area contributed by atoms with E-state index >= 15 is 0 Å². The minimum Gasteiger partial charge on any atom is -0.258 e. The van der Waals surface area contributed by atoms with E-state index < -0.39 is 16.1 Å². The molecule has 6 heteroatoms. The third-order valence-corrected chi connectivity index (χ3v) is 1.88. The molecule has 1 aromatic carbocycles. The SMILES string of the molecule is O=[N+]([O-])c1ccc(S(=O)F)cc1. The van der Waals surface area contributed by atoms with Gasteiger partial charge < -0.3 is 0 Å². The van der Waals surface area contributed by atoms with Gasteiger partial charge in [-0.2, -0.15) is 0 Å². The van der Waals surface area contributed by atoms with E-state index in [-0.39, 0.29) is 10.6 Å². The highest BCUT2D eigenvalue weighted by molar-refractivity contribution is 7.79. The first-order valence-corrected chi connectivity index (χ1v) is 3.99. The van der Waals surface area contributed by atoms with E-state index in [9.17, 15) is 18.2 Å². The summed E-state index contributed by atoms with van der Waals surface area (Å²) in [6, 6.07) is 4.45. The van der Waals surface area contributed by atoms with E-state index in [0.29, 0.717) is 0 Å². The quantitative estimate of drug-likeness (QED) is 0.403. The number of hydrogen-bond donors (Lipinski definition) is 0. The lowest BCUT2D eigenvalue weighted by Gasteiger charge is -1.91. The molecule has 0 heterocycles. The molecule has 0 bridgehead atoms. The molecule has 0 radical (unpaired) electrons. The molecule has 64 valence electrons. The predicted molar refractivity (Wildman–Crippen MR) is 40.6 cm³/mol. The number of hydrogen-bond acceptors (Lipinski definition) is 3. The summed E-state index contributed by atoms with van der Waals surface area (Å²) in [4.78, 5) is 9.44. The van der Waals surface area contributed by atoms with Crippen molar-refractivity contribution in [3.8, 4) is 0 Å². The van der Waals surface area contributed by atoms with Crippen LogP contribution in [-0.2, 0) is 11.2 Å². The first kappa shape index (κ1) is 8.79. The van der Waals surface area contributed by atoms with E-state index in [1.165, 1.54) is 0 Å². The Morgan fingerprint density at radius 1 is 1.33 bits per heavy atom. The monoisotopic (exact) mass is 189 g/mol. The van der Waals surface area contributed by atoms with E-state index in [1.807, 2.05) is 0 Å². The Kier molecular flexibility index (Phi) is 2.49. The van der Waals surface area contributed by atoms with Crippen molar-refractivity contribution in [3.63, 3.8) is 0 Å². The maximum Gasteiger partial charge on any atom is 0.269 e. The molecule has 0 spiro atoms. The Bertz CT molecular complexity index is 291. The molecule has 0 N–H and O–H groups in total. The Labute approximate surface area is 69.9 Å². The molecule has 0 aliphatic carbocycles. The summed E-state index contributed by atoms with van der Waals surface area (Å²) in [7, 11) is 0. The Morgan fingerprint density at radius 3 is 2.17 bits per heavy atom. The van der Waals surface area contributed by atoms with Crippen LogP contribution in [0.5, 0.6) is 0 Å². The molecular weight excluding hydrogens is 185 g/mol. The summed E-state index contributed by atoms with van der Waals surface area (Å²) in [6.45, 7) is 0.